The Hall–Kier alpha value is -1.47. The quantitative estimate of drug-likeness (QED) is 0.789. The number of aromatic nitrogens is 2. The highest BCUT2D eigenvalue weighted by Gasteiger charge is 2.42. The Morgan fingerprint density at radius 1 is 1.33 bits per heavy atom. The lowest BCUT2D eigenvalue weighted by Gasteiger charge is -2.45. The predicted molar refractivity (Wildman–Crippen MR) is 103 cm³/mol. The smallest absolute Gasteiger partial charge is 0.131 e. The monoisotopic (exact) mass is 395 g/mol. The van der Waals surface area contributed by atoms with Crippen LogP contribution in [0.4, 0.5) is 4.39 Å². The Balaban J connectivity index is 1.81. The molecule has 0 aliphatic carbocycles. The summed E-state index contributed by atoms with van der Waals surface area (Å²) >= 11 is 6.43. The summed E-state index contributed by atoms with van der Waals surface area (Å²) < 4.78 is 14.9. The molecule has 0 radical (unpaired) electrons. The van der Waals surface area contributed by atoms with Crippen LogP contribution in [-0.4, -0.2) is 50.7 Å². The van der Waals surface area contributed by atoms with Crippen LogP contribution in [0.3, 0.4) is 0 Å². The first kappa shape index (κ1) is 20.3. The van der Waals surface area contributed by atoms with Gasteiger partial charge in [-0.3, -0.25) is 9.58 Å². The van der Waals surface area contributed by atoms with Crippen LogP contribution in [0.5, 0.6) is 0 Å². The van der Waals surface area contributed by atoms with Crippen molar-refractivity contribution >= 4 is 11.6 Å². The molecule has 0 bridgehead atoms. The molecular weight excluding hydrogens is 369 g/mol. The first-order chi connectivity index (χ1) is 12.9. The lowest BCUT2D eigenvalue weighted by atomic mass is 9.73. The summed E-state index contributed by atoms with van der Waals surface area (Å²) in [5.41, 5.74) is 2.20. The van der Waals surface area contributed by atoms with Crippen molar-refractivity contribution in [2.45, 2.75) is 38.8 Å². The van der Waals surface area contributed by atoms with Crippen LogP contribution >= 0.6 is 11.6 Å². The van der Waals surface area contributed by atoms with Gasteiger partial charge in [0.25, 0.3) is 0 Å². The van der Waals surface area contributed by atoms with Crippen molar-refractivity contribution in [1.29, 1.82) is 0 Å². The lowest BCUT2D eigenvalue weighted by molar-refractivity contribution is -0.0768. The first-order valence-corrected chi connectivity index (χ1v) is 9.72. The summed E-state index contributed by atoms with van der Waals surface area (Å²) in [7, 11) is 1.83. The second-order valence-corrected chi connectivity index (χ2v) is 7.89. The highest BCUT2D eigenvalue weighted by molar-refractivity contribution is 6.30. The zero-order chi connectivity index (χ0) is 19.6. The Labute approximate surface area is 164 Å². The molecule has 0 amide bonds. The van der Waals surface area contributed by atoms with Crippen molar-refractivity contribution in [3.63, 3.8) is 0 Å². The molecule has 2 aromatic rings. The van der Waals surface area contributed by atoms with Crippen LogP contribution < -0.4 is 0 Å². The maximum Gasteiger partial charge on any atom is 0.131 e. The number of rotatable bonds is 6. The molecule has 0 unspecified atom stereocenters. The zero-order valence-electron chi connectivity index (χ0n) is 15.8. The topological polar surface area (TPSA) is 61.5 Å². The molecule has 2 N–H and O–H groups in total. The van der Waals surface area contributed by atoms with E-state index in [1.807, 2.05) is 7.05 Å². The predicted octanol–water partition coefficient (Wildman–Crippen LogP) is 2.56. The summed E-state index contributed by atoms with van der Waals surface area (Å²) in [6.45, 7) is 3.81. The zero-order valence-corrected chi connectivity index (χ0v) is 16.6. The van der Waals surface area contributed by atoms with E-state index in [0.717, 1.165) is 29.8 Å². The molecule has 27 heavy (non-hydrogen) atoms. The first-order valence-electron chi connectivity index (χ1n) is 9.34. The fraction of sp³-hybridized carbons (Fsp3) is 0.550. The average Bonchev–Trinajstić information content (AvgIpc) is 2.94. The summed E-state index contributed by atoms with van der Waals surface area (Å²) in [5, 5.41) is 25.9. The highest BCUT2D eigenvalue weighted by atomic mass is 35.5. The van der Waals surface area contributed by atoms with Gasteiger partial charge in [0, 0.05) is 37.7 Å². The van der Waals surface area contributed by atoms with Gasteiger partial charge in [0.2, 0.25) is 0 Å². The molecule has 1 aliphatic heterocycles. The SMILES string of the molecule is CCc1nn(C)c(Cl)c1CN1CC[C@H](O)[C@@](CO)(Cc2ccc(F)cc2)C1. The molecule has 5 nitrogen and oxygen atoms in total. The molecule has 1 saturated heterocycles. The van der Waals surface area contributed by atoms with E-state index in [1.54, 1.807) is 16.8 Å². The molecule has 1 aromatic carbocycles. The minimum atomic E-state index is -0.683. The molecule has 1 fully saturated rings. The maximum atomic E-state index is 13.2. The van der Waals surface area contributed by atoms with Gasteiger partial charge in [-0.25, -0.2) is 4.39 Å². The van der Waals surface area contributed by atoms with E-state index in [2.05, 4.69) is 16.9 Å². The lowest BCUT2D eigenvalue weighted by Crippen LogP contribution is -2.54. The van der Waals surface area contributed by atoms with Crippen LogP contribution in [0.1, 0.15) is 30.2 Å². The van der Waals surface area contributed by atoms with Gasteiger partial charge in [0.05, 0.1) is 18.4 Å². The Morgan fingerprint density at radius 2 is 2.04 bits per heavy atom. The van der Waals surface area contributed by atoms with E-state index in [0.29, 0.717) is 31.1 Å². The van der Waals surface area contributed by atoms with Gasteiger partial charge >= 0.3 is 0 Å². The van der Waals surface area contributed by atoms with Crippen LogP contribution in [0.15, 0.2) is 24.3 Å². The second-order valence-electron chi connectivity index (χ2n) is 7.53. The molecule has 1 aliphatic rings. The standard InChI is InChI=1S/C20H27ClFN3O2/c1-3-17-16(19(21)24(2)23-17)11-25-9-8-18(27)20(12-25,13-26)10-14-4-6-15(22)7-5-14/h4-7,18,26-27H,3,8-13H2,1-2H3/t18-,20-/m0/s1. The Kier molecular flexibility index (Phi) is 6.21. The molecule has 0 spiro atoms. The number of likely N-dealkylation sites (tertiary alicyclic amines) is 1. The van der Waals surface area contributed by atoms with E-state index < -0.39 is 11.5 Å². The maximum absolute atomic E-state index is 13.2. The molecule has 1 aromatic heterocycles. The number of benzene rings is 1. The van der Waals surface area contributed by atoms with Crippen LogP contribution in [0, 0.1) is 11.2 Å². The van der Waals surface area contributed by atoms with Crippen molar-refractivity contribution in [3.05, 3.63) is 52.1 Å². The average molecular weight is 396 g/mol. The van der Waals surface area contributed by atoms with Gasteiger partial charge in [-0.05, 0) is 37.0 Å². The van der Waals surface area contributed by atoms with E-state index in [-0.39, 0.29) is 12.4 Å². The third-order valence-corrected chi connectivity index (χ3v) is 6.09. The molecule has 148 valence electrons. The number of aliphatic hydroxyl groups excluding tert-OH is 2. The second kappa shape index (κ2) is 8.27. The summed E-state index contributed by atoms with van der Waals surface area (Å²) in [6.07, 6.45) is 1.25. The Morgan fingerprint density at radius 3 is 2.67 bits per heavy atom. The molecule has 0 saturated carbocycles. The van der Waals surface area contributed by atoms with Crippen LogP contribution in [-0.2, 0) is 26.4 Å². The van der Waals surface area contributed by atoms with Crippen molar-refractivity contribution in [2.24, 2.45) is 12.5 Å². The minimum Gasteiger partial charge on any atom is -0.396 e. The fourth-order valence-electron chi connectivity index (χ4n) is 4.03. The molecule has 2 atom stereocenters. The van der Waals surface area contributed by atoms with Gasteiger partial charge in [0.1, 0.15) is 11.0 Å². The molecule has 3 rings (SSSR count). The van der Waals surface area contributed by atoms with Crippen molar-refractivity contribution in [1.82, 2.24) is 14.7 Å². The van der Waals surface area contributed by atoms with Gasteiger partial charge in [0.15, 0.2) is 0 Å². The van der Waals surface area contributed by atoms with Gasteiger partial charge in [-0.15, -0.1) is 0 Å². The number of piperidine rings is 1. The number of hydrogen-bond donors (Lipinski definition) is 2. The third-order valence-electron chi connectivity index (χ3n) is 5.62. The van der Waals surface area contributed by atoms with Crippen LogP contribution in [0.25, 0.3) is 0 Å². The van der Waals surface area contributed by atoms with Gasteiger partial charge < -0.3 is 10.2 Å². The van der Waals surface area contributed by atoms with Crippen LogP contribution in [0.2, 0.25) is 5.15 Å². The number of halogens is 2. The summed E-state index contributed by atoms with van der Waals surface area (Å²) in [4.78, 5) is 2.22. The number of hydrogen-bond acceptors (Lipinski definition) is 4. The fourth-order valence-corrected chi connectivity index (χ4v) is 4.24. The molecule has 2 heterocycles. The summed E-state index contributed by atoms with van der Waals surface area (Å²) in [5.74, 6) is -0.291. The number of aliphatic hydroxyl groups is 2. The van der Waals surface area contributed by atoms with E-state index in [9.17, 15) is 14.6 Å². The van der Waals surface area contributed by atoms with Gasteiger partial charge in [-0.2, -0.15) is 5.10 Å². The summed E-state index contributed by atoms with van der Waals surface area (Å²) in [6, 6.07) is 6.25. The third kappa shape index (κ3) is 4.19. The Bertz CT molecular complexity index is 780. The van der Waals surface area contributed by atoms with E-state index in [1.165, 1.54) is 12.1 Å². The normalized spacial score (nSPS) is 23.7. The number of nitrogens with zero attached hydrogens (tertiary/aromatic N) is 3. The van der Waals surface area contributed by atoms with Crippen molar-refractivity contribution < 1.29 is 14.6 Å². The number of aryl methyl sites for hydroxylation is 2. The molecular formula is C20H27ClFN3O2. The highest BCUT2D eigenvalue weighted by Crippen LogP contribution is 2.35. The van der Waals surface area contributed by atoms with Crippen molar-refractivity contribution in [2.75, 3.05) is 19.7 Å². The van der Waals surface area contributed by atoms with E-state index in [4.69, 9.17) is 11.6 Å². The van der Waals surface area contributed by atoms with E-state index >= 15 is 0 Å². The molecule has 7 heteroatoms. The largest absolute Gasteiger partial charge is 0.396 e. The van der Waals surface area contributed by atoms with Crippen molar-refractivity contribution in [3.8, 4) is 0 Å². The minimum absolute atomic E-state index is 0.135. The van der Waals surface area contributed by atoms with Gasteiger partial charge in [-0.1, -0.05) is 30.7 Å².